The first-order valence-corrected chi connectivity index (χ1v) is 8.58. The highest BCUT2D eigenvalue weighted by molar-refractivity contribution is 9.10. The first-order valence-electron chi connectivity index (χ1n) is 7.79. The van der Waals surface area contributed by atoms with Crippen LogP contribution in [0, 0.1) is 24.4 Å². The molecule has 0 amide bonds. The third kappa shape index (κ3) is 4.19. The van der Waals surface area contributed by atoms with Crippen LogP contribution in [0.15, 0.2) is 45.9 Å². The molecule has 0 spiro atoms. The van der Waals surface area contributed by atoms with Crippen LogP contribution in [0.2, 0.25) is 0 Å². The van der Waals surface area contributed by atoms with E-state index in [1.807, 2.05) is 0 Å². The standard InChI is InChI=1S/C18H13BrF3N3O2/c1-10-24-17(27-9-13-14(21)6-12(20)7-15(13)22)16(19)18(26)25(10)8-11-2-4-23-5-3-11/h2-7H,8-9H2,1H3. The fourth-order valence-corrected chi connectivity index (χ4v) is 2.83. The van der Waals surface area contributed by atoms with Crippen molar-refractivity contribution in [3.8, 4) is 5.88 Å². The molecule has 0 bridgehead atoms. The minimum atomic E-state index is -1.08. The third-order valence-corrected chi connectivity index (χ3v) is 4.50. The maximum atomic E-state index is 13.7. The van der Waals surface area contributed by atoms with E-state index in [2.05, 4.69) is 25.9 Å². The Bertz CT molecular complexity index is 1020. The van der Waals surface area contributed by atoms with Crippen molar-refractivity contribution in [1.29, 1.82) is 0 Å². The molecule has 0 atom stereocenters. The van der Waals surface area contributed by atoms with E-state index >= 15 is 0 Å². The van der Waals surface area contributed by atoms with Gasteiger partial charge in [-0.2, -0.15) is 4.98 Å². The lowest BCUT2D eigenvalue weighted by atomic mass is 10.2. The number of benzene rings is 1. The Hall–Kier alpha value is -2.68. The van der Waals surface area contributed by atoms with Crippen LogP contribution in [0.3, 0.4) is 0 Å². The molecular weight excluding hydrogens is 427 g/mol. The zero-order valence-corrected chi connectivity index (χ0v) is 15.6. The van der Waals surface area contributed by atoms with E-state index in [4.69, 9.17) is 4.74 Å². The summed E-state index contributed by atoms with van der Waals surface area (Å²) >= 11 is 3.12. The molecule has 0 N–H and O–H groups in total. The second kappa shape index (κ2) is 7.91. The minimum Gasteiger partial charge on any atom is -0.472 e. The number of pyridine rings is 1. The van der Waals surface area contributed by atoms with Crippen LogP contribution in [0.4, 0.5) is 13.2 Å². The van der Waals surface area contributed by atoms with Crippen LogP contribution >= 0.6 is 15.9 Å². The number of ether oxygens (including phenoxy) is 1. The van der Waals surface area contributed by atoms with Crippen molar-refractivity contribution in [2.45, 2.75) is 20.1 Å². The maximum absolute atomic E-state index is 13.7. The summed E-state index contributed by atoms with van der Waals surface area (Å²) in [5.41, 5.74) is -0.00824. The number of aryl methyl sites for hydroxylation is 1. The van der Waals surface area contributed by atoms with Gasteiger partial charge in [-0.1, -0.05) is 0 Å². The minimum absolute atomic E-state index is 0.0186. The molecule has 3 aromatic rings. The predicted octanol–water partition coefficient (Wildman–Crippen LogP) is 3.75. The van der Waals surface area contributed by atoms with Gasteiger partial charge in [0.1, 0.15) is 34.4 Å². The largest absolute Gasteiger partial charge is 0.472 e. The second-order valence-electron chi connectivity index (χ2n) is 5.66. The van der Waals surface area contributed by atoms with Crippen LogP contribution in [0.25, 0.3) is 0 Å². The Morgan fingerprint density at radius 1 is 1.15 bits per heavy atom. The molecule has 9 heteroatoms. The quantitative estimate of drug-likeness (QED) is 0.607. The van der Waals surface area contributed by atoms with Crippen molar-refractivity contribution in [3.63, 3.8) is 0 Å². The molecule has 3 rings (SSSR count). The van der Waals surface area contributed by atoms with Crippen LogP contribution < -0.4 is 10.3 Å². The zero-order valence-electron chi connectivity index (χ0n) is 14.0. The Kier molecular flexibility index (Phi) is 5.59. The first kappa shape index (κ1) is 19.1. The van der Waals surface area contributed by atoms with E-state index in [9.17, 15) is 18.0 Å². The van der Waals surface area contributed by atoms with Gasteiger partial charge in [0.15, 0.2) is 0 Å². The fraction of sp³-hybridized carbons (Fsp3) is 0.167. The Morgan fingerprint density at radius 3 is 2.41 bits per heavy atom. The van der Waals surface area contributed by atoms with E-state index in [1.165, 1.54) is 4.57 Å². The van der Waals surface area contributed by atoms with Crippen molar-refractivity contribution in [2.24, 2.45) is 0 Å². The summed E-state index contributed by atoms with van der Waals surface area (Å²) in [5, 5.41) is 0. The maximum Gasteiger partial charge on any atom is 0.272 e. The molecule has 1 aromatic carbocycles. The Labute approximate surface area is 160 Å². The summed E-state index contributed by atoms with van der Waals surface area (Å²) in [6.45, 7) is 1.35. The molecule has 0 unspecified atom stereocenters. The lowest BCUT2D eigenvalue weighted by molar-refractivity contribution is 0.275. The number of hydrogen-bond donors (Lipinski definition) is 0. The summed E-state index contributed by atoms with van der Waals surface area (Å²) in [6.07, 6.45) is 3.23. The normalized spacial score (nSPS) is 10.9. The molecule has 2 heterocycles. The zero-order chi connectivity index (χ0) is 19.6. The topological polar surface area (TPSA) is 57.0 Å². The summed E-state index contributed by atoms with van der Waals surface area (Å²) in [7, 11) is 0. The lowest BCUT2D eigenvalue weighted by Crippen LogP contribution is -2.26. The average molecular weight is 440 g/mol. The number of nitrogens with zero attached hydrogens (tertiary/aromatic N) is 3. The van der Waals surface area contributed by atoms with Gasteiger partial charge in [0, 0.05) is 24.5 Å². The van der Waals surface area contributed by atoms with Gasteiger partial charge >= 0.3 is 0 Å². The summed E-state index contributed by atoms with van der Waals surface area (Å²) in [6, 6.07) is 4.65. The average Bonchev–Trinajstić information content (AvgIpc) is 2.62. The summed E-state index contributed by atoms with van der Waals surface area (Å²) < 4.78 is 47.2. The van der Waals surface area contributed by atoms with E-state index in [0.29, 0.717) is 18.0 Å². The van der Waals surface area contributed by atoms with E-state index < -0.39 is 35.2 Å². The highest BCUT2D eigenvalue weighted by Crippen LogP contribution is 2.22. The molecule has 0 aliphatic rings. The van der Waals surface area contributed by atoms with Gasteiger partial charge in [0.05, 0.1) is 12.1 Å². The predicted molar refractivity (Wildman–Crippen MR) is 94.9 cm³/mol. The van der Waals surface area contributed by atoms with Crippen molar-refractivity contribution >= 4 is 15.9 Å². The molecule has 0 aliphatic heterocycles. The fourth-order valence-electron chi connectivity index (χ4n) is 2.42. The smallest absolute Gasteiger partial charge is 0.272 e. The monoisotopic (exact) mass is 439 g/mol. The van der Waals surface area contributed by atoms with Crippen molar-refractivity contribution in [2.75, 3.05) is 0 Å². The number of aromatic nitrogens is 3. The number of halogens is 4. The van der Waals surface area contributed by atoms with Crippen LogP contribution in [0.1, 0.15) is 17.0 Å². The van der Waals surface area contributed by atoms with E-state index in [1.54, 1.807) is 31.5 Å². The highest BCUT2D eigenvalue weighted by Gasteiger charge is 2.17. The molecule has 5 nitrogen and oxygen atoms in total. The first-order chi connectivity index (χ1) is 12.9. The van der Waals surface area contributed by atoms with Gasteiger partial charge in [-0.15, -0.1) is 0 Å². The Balaban J connectivity index is 1.87. The molecule has 27 heavy (non-hydrogen) atoms. The molecule has 0 fully saturated rings. The molecule has 0 saturated heterocycles. The van der Waals surface area contributed by atoms with Gasteiger partial charge in [0.2, 0.25) is 5.88 Å². The molecule has 0 saturated carbocycles. The molecule has 0 radical (unpaired) electrons. The van der Waals surface area contributed by atoms with Crippen molar-refractivity contribution in [3.05, 3.63) is 85.9 Å². The summed E-state index contributed by atoms with van der Waals surface area (Å²) in [5.74, 6) is -2.93. The van der Waals surface area contributed by atoms with Crippen molar-refractivity contribution in [1.82, 2.24) is 14.5 Å². The van der Waals surface area contributed by atoms with Crippen molar-refractivity contribution < 1.29 is 17.9 Å². The van der Waals surface area contributed by atoms with Gasteiger partial charge in [-0.25, -0.2) is 13.2 Å². The SMILES string of the molecule is Cc1nc(OCc2c(F)cc(F)cc2F)c(Br)c(=O)n1Cc1ccncc1. The number of rotatable bonds is 5. The second-order valence-corrected chi connectivity index (χ2v) is 6.45. The van der Waals surface area contributed by atoms with Gasteiger partial charge in [0.25, 0.3) is 5.56 Å². The van der Waals surface area contributed by atoms with E-state index in [0.717, 1.165) is 5.56 Å². The molecule has 0 aliphatic carbocycles. The van der Waals surface area contributed by atoms with E-state index in [-0.39, 0.29) is 16.9 Å². The molecule has 2 aromatic heterocycles. The van der Waals surface area contributed by atoms with Gasteiger partial charge in [-0.05, 0) is 40.5 Å². The Morgan fingerprint density at radius 2 is 1.78 bits per heavy atom. The van der Waals surface area contributed by atoms with Gasteiger partial charge < -0.3 is 4.74 Å². The summed E-state index contributed by atoms with van der Waals surface area (Å²) in [4.78, 5) is 20.7. The van der Waals surface area contributed by atoms with Crippen LogP contribution in [-0.4, -0.2) is 14.5 Å². The lowest BCUT2D eigenvalue weighted by Gasteiger charge is -2.14. The molecule has 140 valence electrons. The highest BCUT2D eigenvalue weighted by atomic mass is 79.9. The van der Waals surface area contributed by atoms with Gasteiger partial charge in [-0.3, -0.25) is 14.3 Å². The van der Waals surface area contributed by atoms with Crippen LogP contribution in [-0.2, 0) is 13.2 Å². The van der Waals surface area contributed by atoms with Crippen LogP contribution in [0.5, 0.6) is 5.88 Å². The molecular formula is C18H13BrF3N3O2. The third-order valence-electron chi connectivity index (χ3n) is 3.82. The number of hydrogen-bond acceptors (Lipinski definition) is 4.